The number of benzene rings is 2. The van der Waals surface area contributed by atoms with E-state index in [2.05, 4.69) is 10.3 Å². The zero-order chi connectivity index (χ0) is 18.8. The number of nitrogens with one attached hydrogen (secondary N) is 1. The van der Waals surface area contributed by atoms with Crippen LogP contribution in [0.2, 0.25) is 0 Å². The maximum Gasteiger partial charge on any atom is 0.273 e. The molecular weight excluding hydrogens is 345 g/mol. The van der Waals surface area contributed by atoms with E-state index in [0.717, 1.165) is 5.56 Å². The average Bonchev–Trinajstić information content (AvgIpc) is 2.70. The minimum Gasteiger partial charge on any atom is -0.353 e. The molecule has 0 radical (unpaired) electrons. The minimum atomic E-state index is -0.619. The molecule has 6 heteroatoms. The van der Waals surface area contributed by atoms with Crippen molar-refractivity contribution in [2.75, 3.05) is 13.1 Å². The van der Waals surface area contributed by atoms with Crippen molar-refractivity contribution in [2.45, 2.75) is 12.5 Å². The second kappa shape index (κ2) is 7.15. The van der Waals surface area contributed by atoms with E-state index >= 15 is 0 Å². The lowest BCUT2D eigenvalue weighted by Gasteiger charge is -2.35. The number of para-hydroxylation sites is 1. The molecule has 2 aromatic carbocycles. The van der Waals surface area contributed by atoms with Crippen molar-refractivity contribution in [3.63, 3.8) is 0 Å². The fraction of sp³-hybridized carbons (Fsp3) is 0.190. The van der Waals surface area contributed by atoms with Crippen LogP contribution in [0.25, 0.3) is 10.9 Å². The first-order chi connectivity index (χ1) is 13.1. The Hall–Kier alpha value is -3.28. The molecule has 2 amide bonds. The van der Waals surface area contributed by atoms with E-state index in [9.17, 15) is 14.0 Å². The molecule has 27 heavy (non-hydrogen) atoms. The molecule has 0 saturated carbocycles. The third-order valence-corrected chi connectivity index (χ3v) is 4.75. The summed E-state index contributed by atoms with van der Waals surface area (Å²) in [5.74, 6) is -1.03. The Labute approximate surface area is 155 Å². The summed E-state index contributed by atoms with van der Waals surface area (Å²) in [6.07, 6.45) is 0.417. The number of piperazine rings is 1. The van der Waals surface area contributed by atoms with Crippen LogP contribution in [0.3, 0.4) is 0 Å². The molecule has 2 heterocycles. The van der Waals surface area contributed by atoms with Gasteiger partial charge in [-0.3, -0.25) is 9.59 Å². The molecule has 0 bridgehead atoms. The number of aromatic nitrogens is 1. The van der Waals surface area contributed by atoms with Crippen molar-refractivity contribution in [1.29, 1.82) is 0 Å². The van der Waals surface area contributed by atoms with Gasteiger partial charge in [0.1, 0.15) is 23.1 Å². The lowest BCUT2D eigenvalue weighted by atomic mass is 10.0. The van der Waals surface area contributed by atoms with Gasteiger partial charge < -0.3 is 10.2 Å². The molecule has 1 atom stereocenters. The van der Waals surface area contributed by atoms with Crippen LogP contribution in [-0.2, 0) is 11.2 Å². The van der Waals surface area contributed by atoms with Crippen LogP contribution in [0, 0.1) is 5.82 Å². The van der Waals surface area contributed by atoms with Gasteiger partial charge in [0.15, 0.2) is 0 Å². The Bertz CT molecular complexity index is 1010. The largest absolute Gasteiger partial charge is 0.353 e. The molecule has 1 saturated heterocycles. The van der Waals surface area contributed by atoms with Gasteiger partial charge in [-0.25, -0.2) is 9.37 Å². The van der Waals surface area contributed by atoms with Gasteiger partial charge in [0, 0.05) is 24.9 Å². The first-order valence-corrected chi connectivity index (χ1v) is 8.81. The Morgan fingerprint density at radius 1 is 1.11 bits per heavy atom. The summed E-state index contributed by atoms with van der Waals surface area (Å²) in [6, 6.07) is 16.8. The number of pyridine rings is 1. The highest BCUT2D eigenvalue weighted by molar-refractivity contribution is 5.98. The van der Waals surface area contributed by atoms with Crippen LogP contribution in [-0.4, -0.2) is 40.8 Å². The molecular formula is C21H18FN3O2. The monoisotopic (exact) mass is 363 g/mol. The van der Waals surface area contributed by atoms with Crippen LogP contribution in [0.15, 0.2) is 60.7 Å². The summed E-state index contributed by atoms with van der Waals surface area (Å²) in [4.78, 5) is 31.2. The predicted molar refractivity (Wildman–Crippen MR) is 99.7 cm³/mol. The first kappa shape index (κ1) is 17.1. The number of hydrogen-bond acceptors (Lipinski definition) is 3. The molecule has 1 aliphatic rings. The van der Waals surface area contributed by atoms with Crippen molar-refractivity contribution in [1.82, 2.24) is 15.2 Å². The summed E-state index contributed by atoms with van der Waals surface area (Å²) in [5, 5.41) is 3.44. The highest BCUT2D eigenvalue weighted by atomic mass is 19.1. The van der Waals surface area contributed by atoms with E-state index in [1.165, 1.54) is 11.0 Å². The number of hydrogen-bond donors (Lipinski definition) is 1. The number of fused-ring (bicyclic) bond motifs is 1. The van der Waals surface area contributed by atoms with Gasteiger partial charge in [-0.15, -0.1) is 0 Å². The third-order valence-electron chi connectivity index (χ3n) is 4.75. The van der Waals surface area contributed by atoms with Crippen molar-refractivity contribution in [3.05, 3.63) is 77.7 Å². The number of rotatable bonds is 3. The highest BCUT2D eigenvalue weighted by Gasteiger charge is 2.34. The maximum absolute atomic E-state index is 14.0. The highest BCUT2D eigenvalue weighted by Crippen LogP contribution is 2.19. The van der Waals surface area contributed by atoms with Gasteiger partial charge >= 0.3 is 0 Å². The van der Waals surface area contributed by atoms with Crippen LogP contribution < -0.4 is 5.32 Å². The van der Waals surface area contributed by atoms with Crippen molar-refractivity contribution < 1.29 is 14.0 Å². The molecule has 1 unspecified atom stereocenters. The Morgan fingerprint density at radius 2 is 1.93 bits per heavy atom. The molecule has 0 spiro atoms. The first-order valence-electron chi connectivity index (χ1n) is 8.81. The predicted octanol–water partition coefficient (Wildman–Crippen LogP) is 2.56. The van der Waals surface area contributed by atoms with Crippen molar-refractivity contribution >= 4 is 22.7 Å². The van der Waals surface area contributed by atoms with Crippen LogP contribution in [0.4, 0.5) is 4.39 Å². The molecule has 4 rings (SSSR count). The fourth-order valence-corrected chi connectivity index (χ4v) is 3.38. The zero-order valence-corrected chi connectivity index (χ0v) is 14.6. The summed E-state index contributed by atoms with van der Waals surface area (Å²) in [6.45, 7) is 0.775. The SMILES string of the molecule is O=C1NCCN(C(=O)c2ccc3cccc(F)c3n2)C1Cc1ccccc1. The molecule has 0 aliphatic carbocycles. The van der Waals surface area contributed by atoms with Crippen molar-refractivity contribution in [3.8, 4) is 0 Å². The maximum atomic E-state index is 14.0. The Morgan fingerprint density at radius 3 is 2.74 bits per heavy atom. The number of amides is 2. The standard InChI is InChI=1S/C21H18FN3O2/c22-16-8-4-7-15-9-10-17(24-19(15)16)21(27)25-12-11-23-20(26)18(25)13-14-5-2-1-3-6-14/h1-10,18H,11-13H2,(H,23,26). The summed E-state index contributed by atoms with van der Waals surface area (Å²) < 4.78 is 14.0. The Balaban J connectivity index is 1.66. The minimum absolute atomic E-state index is 0.139. The molecule has 1 fully saturated rings. The van der Waals surface area contributed by atoms with E-state index in [1.807, 2.05) is 30.3 Å². The van der Waals surface area contributed by atoms with Gasteiger partial charge in [0.2, 0.25) is 5.91 Å². The summed E-state index contributed by atoms with van der Waals surface area (Å²) in [5.41, 5.74) is 1.26. The number of nitrogens with zero attached hydrogens (tertiary/aromatic N) is 2. The van der Waals surface area contributed by atoms with E-state index in [1.54, 1.807) is 24.3 Å². The van der Waals surface area contributed by atoms with Crippen LogP contribution >= 0.6 is 0 Å². The average molecular weight is 363 g/mol. The zero-order valence-electron chi connectivity index (χ0n) is 14.6. The van der Waals surface area contributed by atoms with E-state index < -0.39 is 11.9 Å². The lowest BCUT2D eigenvalue weighted by molar-refractivity contribution is -0.127. The van der Waals surface area contributed by atoms with Gasteiger partial charge in [-0.05, 0) is 17.7 Å². The molecule has 3 aromatic rings. The van der Waals surface area contributed by atoms with Gasteiger partial charge in [0.05, 0.1) is 0 Å². The Kier molecular flexibility index (Phi) is 4.54. The third kappa shape index (κ3) is 3.38. The fourth-order valence-electron chi connectivity index (χ4n) is 3.38. The second-order valence-corrected chi connectivity index (χ2v) is 6.50. The van der Waals surface area contributed by atoms with E-state index in [-0.39, 0.29) is 23.0 Å². The molecule has 5 nitrogen and oxygen atoms in total. The lowest BCUT2D eigenvalue weighted by Crippen LogP contribution is -2.58. The van der Waals surface area contributed by atoms with Gasteiger partial charge in [-0.2, -0.15) is 0 Å². The number of halogens is 1. The summed E-state index contributed by atoms with van der Waals surface area (Å²) in [7, 11) is 0. The van der Waals surface area contributed by atoms with E-state index in [4.69, 9.17) is 0 Å². The smallest absolute Gasteiger partial charge is 0.273 e. The normalized spacial score (nSPS) is 17.0. The number of carbonyl (C=O) groups excluding carboxylic acids is 2. The molecule has 1 aromatic heterocycles. The van der Waals surface area contributed by atoms with Crippen molar-refractivity contribution in [2.24, 2.45) is 0 Å². The summed E-state index contributed by atoms with van der Waals surface area (Å²) >= 11 is 0. The second-order valence-electron chi connectivity index (χ2n) is 6.50. The van der Waals surface area contributed by atoms with Gasteiger partial charge in [0.25, 0.3) is 5.91 Å². The number of carbonyl (C=O) groups is 2. The van der Waals surface area contributed by atoms with Gasteiger partial charge in [-0.1, -0.05) is 48.5 Å². The van der Waals surface area contributed by atoms with Crippen LogP contribution in [0.1, 0.15) is 16.1 Å². The molecule has 1 aliphatic heterocycles. The van der Waals surface area contributed by atoms with E-state index in [0.29, 0.717) is 24.9 Å². The van der Waals surface area contributed by atoms with Crippen LogP contribution in [0.5, 0.6) is 0 Å². The topological polar surface area (TPSA) is 62.3 Å². The quantitative estimate of drug-likeness (QED) is 0.778. The molecule has 1 N–H and O–H groups in total. The molecule has 136 valence electrons.